The molecule has 31 heavy (non-hydrogen) atoms. The first-order valence-corrected chi connectivity index (χ1v) is 11.9. The normalized spacial score (nSPS) is 17.5. The van der Waals surface area contributed by atoms with Crippen LogP contribution in [-0.4, -0.2) is 41.7 Å². The molecule has 2 heterocycles. The number of fused-ring (bicyclic) bond motifs is 1. The predicted octanol–water partition coefficient (Wildman–Crippen LogP) is 3.20. The first-order chi connectivity index (χ1) is 14.7. The Morgan fingerprint density at radius 1 is 1.19 bits per heavy atom. The van der Waals surface area contributed by atoms with Crippen molar-refractivity contribution in [2.45, 2.75) is 13.5 Å². The number of hydrogen-bond donors (Lipinski definition) is 1. The number of nitrogens with zero attached hydrogens (tertiary/aromatic N) is 3. The summed E-state index contributed by atoms with van der Waals surface area (Å²) in [6.45, 7) is 2.46. The first-order valence-electron chi connectivity index (χ1n) is 9.19. The Bertz CT molecular complexity index is 1280. The fourth-order valence-corrected chi connectivity index (χ4v) is 4.88. The van der Waals surface area contributed by atoms with Gasteiger partial charge in [-0.1, -0.05) is 42.0 Å². The van der Waals surface area contributed by atoms with Crippen LogP contribution in [0.25, 0.3) is 6.08 Å². The van der Waals surface area contributed by atoms with Crippen LogP contribution in [0.4, 0.5) is 0 Å². The Hall–Kier alpha value is -3.24. The van der Waals surface area contributed by atoms with E-state index in [0.717, 1.165) is 34.2 Å². The lowest BCUT2D eigenvalue weighted by Gasteiger charge is -2.23. The van der Waals surface area contributed by atoms with E-state index >= 15 is 0 Å². The predicted molar refractivity (Wildman–Crippen MR) is 122 cm³/mol. The average molecular weight is 455 g/mol. The molecule has 158 valence electrons. The third-order valence-electron chi connectivity index (χ3n) is 4.51. The molecule has 0 saturated carbocycles. The summed E-state index contributed by atoms with van der Waals surface area (Å²) in [5, 5.41) is 8.11. The highest BCUT2D eigenvalue weighted by molar-refractivity contribution is 8.16. The molecule has 8 nitrogen and oxygen atoms in total. The summed E-state index contributed by atoms with van der Waals surface area (Å²) in [7, 11) is -3.68. The number of aliphatic imine (C=N–C) groups is 1. The summed E-state index contributed by atoms with van der Waals surface area (Å²) >= 11 is 0.763. The van der Waals surface area contributed by atoms with Gasteiger partial charge in [-0.2, -0.15) is 9.39 Å². The van der Waals surface area contributed by atoms with Gasteiger partial charge in [0.15, 0.2) is 0 Å². The fourth-order valence-electron chi connectivity index (χ4n) is 3.03. The minimum absolute atomic E-state index is 0.0176. The summed E-state index contributed by atoms with van der Waals surface area (Å²) in [5.74, 6) is -0.228. The van der Waals surface area contributed by atoms with Gasteiger partial charge in [0.1, 0.15) is 18.2 Å². The highest BCUT2D eigenvalue weighted by Gasteiger charge is 2.41. The topological polar surface area (TPSA) is 112 Å². The van der Waals surface area contributed by atoms with E-state index in [4.69, 9.17) is 10.1 Å². The third-order valence-corrected chi connectivity index (χ3v) is 6.26. The van der Waals surface area contributed by atoms with Gasteiger partial charge in [-0.25, -0.2) is 13.3 Å². The van der Waals surface area contributed by atoms with E-state index < -0.39 is 15.7 Å². The number of nitrogens with one attached hydrogen (secondary N) is 1. The maximum atomic E-state index is 12.4. The van der Waals surface area contributed by atoms with Crippen LogP contribution in [0.15, 0.2) is 63.5 Å². The van der Waals surface area contributed by atoms with E-state index in [9.17, 15) is 13.2 Å². The van der Waals surface area contributed by atoms with Gasteiger partial charge in [-0.3, -0.25) is 10.2 Å². The average Bonchev–Trinajstić information content (AvgIpc) is 3.15. The lowest BCUT2D eigenvalue weighted by atomic mass is 10.1. The minimum atomic E-state index is -3.68. The third kappa shape index (κ3) is 4.44. The Balaban J connectivity index is 1.52. The Morgan fingerprint density at radius 2 is 1.94 bits per heavy atom. The maximum Gasteiger partial charge on any atom is 0.283 e. The maximum absolute atomic E-state index is 12.4. The van der Waals surface area contributed by atoms with E-state index in [-0.39, 0.29) is 21.7 Å². The molecular weight excluding hydrogens is 436 g/mol. The number of sulfone groups is 1. The quantitative estimate of drug-likeness (QED) is 0.561. The van der Waals surface area contributed by atoms with Crippen LogP contribution in [0.3, 0.4) is 0 Å². The number of carbonyl (C=O) groups excluding carboxylic acids is 1. The van der Waals surface area contributed by atoms with Crippen LogP contribution in [-0.2, 0) is 21.2 Å². The second-order valence-corrected chi connectivity index (χ2v) is 9.67. The molecule has 2 aromatic carbocycles. The van der Waals surface area contributed by atoms with Crippen molar-refractivity contribution in [3.8, 4) is 5.75 Å². The van der Waals surface area contributed by atoms with Gasteiger partial charge in [0.2, 0.25) is 20.2 Å². The second kappa shape index (κ2) is 8.12. The van der Waals surface area contributed by atoms with Gasteiger partial charge in [-0.05, 0) is 36.3 Å². The van der Waals surface area contributed by atoms with Crippen molar-refractivity contribution in [3.05, 3.63) is 70.8 Å². The summed E-state index contributed by atoms with van der Waals surface area (Å²) in [6.07, 6.45) is 2.50. The molecule has 0 spiro atoms. The summed E-state index contributed by atoms with van der Waals surface area (Å²) in [5.41, 5.74) is 2.86. The Kier molecular flexibility index (Phi) is 5.50. The molecule has 0 fully saturated rings. The van der Waals surface area contributed by atoms with Crippen molar-refractivity contribution in [3.63, 3.8) is 0 Å². The molecule has 1 N–H and O–H groups in total. The molecule has 1 amide bonds. The second-order valence-electron chi connectivity index (χ2n) is 7.03. The number of ether oxygens (including phenoxy) is 1. The zero-order chi connectivity index (χ0) is 22.2. The number of carbonyl (C=O) groups is 1. The van der Waals surface area contributed by atoms with E-state index in [2.05, 4.69) is 15.5 Å². The number of rotatable bonds is 4. The summed E-state index contributed by atoms with van der Waals surface area (Å²) in [6, 6.07) is 15.1. The Morgan fingerprint density at radius 3 is 2.61 bits per heavy atom. The largest absolute Gasteiger partial charge is 0.489 e. The molecule has 0 aromatic heterocycles. The molecule has 0 aliphatic carbocycles. The van der Waals surface area contributed by atoms with Crippen molar-refractivity contribution in [2.75, 3.05) is 6.26 Å². The number of amidine groups is 3. The number of amides is 1. The standard InChI is InChI=1S/C21H18N4O4S2/c1-13-4-3-5-15(10-13)12-29-16-8-6-14(7-9-16)11-17-18(22)25-20(23-19(17)26)30-24-21(25)31(2,27)28/h3-11,22H,12H2,1-2H3/b17-11-,22-18?. The highest BCUT2D eigenvalue weighted by atomic mass is 32.2. The SMILES string of the molecule is Cc1cccc(COc2ccc(/C=C3/C(=N)N4C(=NC3=O)SN=C4S(C)(=O)=O)cc2)c1. The van der Waals surface area contributed by atoms with Crippen molar-refractivity contribution in [2.24, 2.45) is 9.39 Å². The van der Waals surface area contributed by atoms with Gasteiger partial charge in [-0.15, -0.1) is 0 Å². The minimum Gasteiger partial charge on any atom is -0.489 e. The van der Waals surface area contributed by atoms with Gasteiger partial charge >= 0.3 is 0 Å². The van der Waals surface area contributed by atoms with E-state index in [1.807, 2.05) is 25.1 Å². The molecule has 0 bridgehead atoms. The van der Waals surface area contributed by atoms with Gasteiger partial charge in [0.25, 0.3) is 5.91 Å². The number of benzene rings is 2. The van der Waals surface area contributed by atoms with Crippen LogP contribution in [0.1, 0.15) is 16.7 Å². The molecule has 2 aliphatic rings. The summed E-state index contributed by atoms with van der Waals surface area (Å²) in [4.78, 5) is 17.4. The summed E-state index contributed by atoms with van der Waals surface area (Å²) < 4.78 is 33.5. The molecule has 0 saturated heterocycles. The van der Waals surface area contributed by atoms with Crippen LogP contribution >= 0.6 is 11.9 Å². The van der Waals surface area contributed by atoms with Crippen LogP contribution in [0, 0.1) is 12.3 Å². The molecular formula is C21H18N4O4S2. The van der Waals surface area contributed by atoms with E-state index in [0.29, 0.717) is 17.9 Å². The van der Waals surface area contributed by atoms with E-state index in [1.54, 1.807) is 24.3 Å². The van der Waals surface area contributed by atoms with Crippen molar-refractivity contribution in [1.82, 2.24) is 4.90 Å². The molecule has 0 unspecified atom stereocenters. The number of aryl methyl sites for hydroxylation is 1. The van der Waals surface area contributed by atoms with E-state index in [1.165, 1.54) is 6.08 Å². The van der Waals surface area contributed by atoms with Crippen molar-refractivity contribution >= 4 is 49.9 Å². The molecule has 0 radical (unpaired) electrons. The fraction of sp³-hybridized carbons (Fsp3) is 0.143. The number of hydrogen-bond acceptors (Lipinski definition) is 7. The molecule has 2 aromatic rings. The Labute approximate surface area is 183 Å². The molecule has 4 rings (SSSR count). The van der Waals surface area contributed by atoms with Gasteiger partial charge in [0.05, 0.1) is 17.5 Å². The molecule has 10 heteroatoms. The zero-order valence-corrected chi connectivity index (χ0v) is 18.3. The molecule has 2 aliphatic heterocycles. The smallest absolute Gasteiger partial charge is 0.283 e. The molecule has 0 atom stereocenters. The van der Waals surface area contributed by atoms with Gasteiger partial charge < -0.3 is 4.74 Å². The van der Waals surface area contributed by atoms with Crippen LogP contribution in [0.2, 0.25) is 0 Å². The van der Waals surface area contributed by atoms with Crippen LogP contribution < -0.4 is 4.74 Å². The lowest BCUT2D eigenvalue weighted by molar-refractivity contribution is -0.114. The lowest BCUT2D eigenvalue weighted by Crippen LogP contribution is -2.45. The van der Waals surface area contributed by atoms with Crippen molar-refractivity contribution in [1.29, 1.82) is 5.41 Å². The van der Waals surface area contributed by atoms with Crippen LogP contribution in [0.5, 0.6) is 5.75 Å². The van der Waals surface area contributed by atoms with Crippen molar-refractivity contribution < 1.29 is 17.9 Å². The zero-order valence-electron chi connectivity index (χ0n) is 16.7. The highest BCUT2D eigenvalue weighted by Crippen LogP contribution is 2.29. The first kappa shape index (κ1) is 21.0. The monoisotopic (exact) mass is 454 g/mol. The van der Waals surface area contributed by atoms with Gasteiger partial charge in [0, 0.05) is 6.26 Å².